The monoisotopic (exact) mass is 308 g/mol. The first kappa shape index (κ1) is 15.5. The summed E-state index contributed by atoms with van der Waals surface area (Å²) in [4.78, 5) is 2.00. The molecule has 1 heterocycles. The van der Waals surface area contributed by atoms with Crippen LogP contribution in [-0.4, -0.2) is 23.9 Å². The van der Waals surface area contributed by atoms with Crippen molar-refractivity contribution in [2.75, 3.05) is 24.7 Å². The predicted molar refractivity (Wildman–Crippen MR) is 87.2 cm³/mol. The van der Waals surface area contributed by atoms with Crippen LogP contribution in [0.15, 0.2) is 18.2 Å². The Bertz CT molecular complexity index is 637. The van der Waals surface area contributed by atoms with E-state index in [-0.39, 0.29) is 0 Å². The largest absolute Gasteiger partial charge is 0.485 e. The van der Waals surface area contributed by atoms with Crippen LogP contribution in [0.5, 0.6) is 5.75 Å². The number of aromatic nitrogens is 2. The molecular weight excluding hydrogens is 288 g/mol. The number of rotatable bonds is 5. The minimum atomic E-state index is 0.342. The second kappa shape index (κ2) is 6.26. The Morgan fingerprint density at radius 2 is 2.10 bits per heavy atom. The Balaban J connectivity index is 2.22. The maximum Gasteiger partial charge on any atom is 0.144 e. The topological polar surface area (TPSA) is 56.3 Å². The van der Waals surface area contributed by atoms with E-state index >= 15 is 0 Å². The summed E-state index contributed by atoms with van der Waals surface area (Å²) in [6.07, 6.45) is 0. The van der Waals surface area contributed by atoms with E-state index < -0.39 is 0 Å². The summed E-state index contributed by atoms with van der Waals surface area (Å²) in [5, 5.41) is 5.03. The van der Waals surface area contributed by atoms with Gasteiger partial charge in [0.15, 0.2) is 0 Å². The molecule has 5 nitrogen and oxygen atoms in total. The van der Waals surface area contributed by atoms with Crippen molar-refractivity contribution >= 4 is 23.0 Å². The highest BCUT2D eigenvalue weighted by atomic mass is 35.5. The quantitative estimate of drug-likeness (QED) is 0.862. The molecule has 0 atom stereocenters. The van der Waals surface area contributed by atoms with Gasteiger partial charge in [0.2, 0.25) is 0 Å². The van der Waals surface area contributed by atoms with Crippen LogP contribution >= 0.6 is 11.6 Å². The third-order valence-corrected chi connectivity index (χ3v) is 3.82. The molecule has 0 aliphatic rings. The Morgan fingerprint density at radius 3 is 2.71 bits per heavy atom. The lowest BCUT2D eigenvalue weighted by molar-refractivity contribution is 0.294. The SMILES string of the molecule is CCn1nc(C)c(Cl)c1COc1cc(N(C)C)ccc1N. The highest BCUT2D eigenvalue weighted by Crippen LogP contribution is 2.29. The lowest BCUT2D eigenvalue weighted by Crippen LogP contribution is -2.10. The van der Waals surface area contributed by atoms with Crippen LogP contribution in [0.25, 0.3) is 0 Å². The highest BCUT2D eigenvalue weighted by Gasteiger charge is 2.14. The van der Waals surface area contributed by atoms with Crippen molar-refractivity contribution in [3.8, 4) is 5.75 Å². The normalized spacial score (nSPS) is 10.7. The van der Waals surface area contributed by atoms with Crippen molar-refractivity contribution in [3.05, 3.63) is 34.6 Å². The first-order chi connectivity index (χ1) is 9.93. The van der Waals surface area contributed by atoms with E-state index in [1.807, 2.05) is 55.7 Å². The second-order valence-corrected chi connectivity index (χ2v) is 5.45. The summed E-state index contributed by atoms with van der Waals surface area (Å²) in [5.74, 6) is 0.652. The van der Waals surface area contributed by atoms with Gasteiger partial charge >= 0.3 is 0 Å². The molecule has 2 N–H and O–H groups in total. The van der Waals surface area contributed by atoms with E-state index in [1.165, 1.54) is 0 Å². The second-order valence-electron chi connectivity index (χ2n) is 5.07. The average molecular weight is 309 g/mol. The third kappa shape index (κ3) is 3.24. The fraction of sp³-hybridized carbons (Fsp3) is 0.400. The van der Waals surface area contributed by atoms with Crippen LogP contribution in [0.2, 0.25) is 5.02 Å². The minimum absolute atomic E-state index is 0.342. The average Bonchev–Trinajstić information content (AvgIpc) is 2.73. The Morgan fingerprint density at radius 1 is 1.38 bits per heavy atom. The molecule has 0 saturated heterocycles. The van der Waals surface area contributed by atoms with Crippen molar-refractivity contribution in [1.29, 1.82) is 0 Å². The van der Waals surface area contributed by atoms with Gasteiger partial charge in [0.1, 0.15) is 12.4 Å². The molecule has 0 unspecified atom stereocenters. The van der Waals surface area contributed by atoms with Gasteiger partial charge in [-0.15, -0.1) is 0 Å². The standard InChI is InChI=1S/C15H21ClN4O/c1-5-20-13(15(16)10(2)18-20)9-21-14-8-11(19(3)4)6-7-12(14)17/h6-8H,5,9,17H2,1-4H3. The summed E-state index contributed by atoms with van der Waals surface area (Å²) in [6.45, 7) is 5.00. The molecule has 0 amide bonds. The van der Waals surface area contributed by atoms with E-state index in [9.17, 15) is 0 Å². The molecule has 21 heavy (non-hydrogen) atoms. The molecule has 0 aliphatic carbocycles. The van der Waals surface area contributed by atoms with E-state index in [0.29, 0.717) is 23.1 Å². The molecule has 0 radical (unpaired) electrons. The number of ether oxygens (including phenoxy) is 1. The van der Waals surface area contributed by atoms with Crippen LogP contribution in [0.4, 0.5) is 11.4 Å². The van der Waals surface area contributed by atoms with E-state index in [0.717, 1.165) is 23.6 Å². The number of halogens is 1. The minimum Gasteiger partial charge on any atom is -0.485 e. The molecule has 2 rings (SSSR count). The first-order valence-electron chi connectivity index (χ1n) is 6.85. The molecule has 2 aromatic rings. The molecule has 6 heteroatoms. The Kier molecular flexibility index (Phi) is 4.63. The summed E-state index contributed by atoms with van der Waals surface area (Å²) < 4.78 is 7.70. The number of aryl methyl sites for hydroxylation is 2. The molecule has 114 valence electrons. The number of nitrogen functional groups attached to an aromatic ring is 1. The molecule has 0 saturated carbocycles. The summed E-state index contributed by atoms with van der Waals surface area (Å²) in [6, 6.07) is 5.72. The zero-order valence-electron chi connectivity index (χ0n) is 12.9. The van der Waals surface area contributed by atoms with Crippen LogP contribution in [0.3, 0.4) is 0 Å². The lowest BCUT2D eigenvalue weighted by Gasteiger charge is -2.16. The van der Waals surface area contributed by atoms with Gasteiger partial charge in [-0.25, -0.2) is 0 Å². The van der Waals surface area contributed by atoms with Gasteiger partial charge in [-0.3, -0.25) is 4.68 Å². The van der Waals surface area contributed by atoms with Crippen molar-refractivity contribution in [3.63, 3.8) is 0 Å². The van der Waals surface area contributed by atoms with Crippen LogP contribution < -0.4 is 15.4 Å². The number of hydrogen-bond donors (Lipinski definition) is 1. The smallest absolute Gasteiger partial charge is 0.144 e. The maximum atomic E-state index is 6.28. The number of benzene rings is 1. The predicted octanol–water partition coefficient (Wildman–Crippen LogP) is 3.09. The van der Waals surface area contributed by atoms with Crippen LogP contribution in [0, 0.1) is 6.92 Å². The van der Waals surface area contributed by atoms with Gasteiger partial charge < -0.3 is 15.4 Å². The van der Waals surface area contributed by atoms with Gasteiger partial charge in [-0.05, 0) is 26.0 Å². The van der Waals surface area contributed by atoms with Crippen molar-refractivity contribution < 1.29 is 4.74 Å². The summed E-state index contributed by atoms with van der Waals surface area (Å²) >= 11 is 6.28. The van der Waals surface area contributed by atoms with Crippen molar-refractivity contribution in [2.45, 2.75) is 27.0 Å². The summed E-state index contributed by atoms with van der Waals surface area (Å²) in [5.41, 5.74) is 9.29. The van der Waals surface area contributed by atoms with Gasteiger partial charge in [0.25, 0.3) is 0 Å². The van der Waals surface area contributed by atoms with E-state index in [1.54, 1.807) is 0 Å². The highest BCUT2D eigenvalue weighted by molar-refractivity contribution is 6.31. The molecule has 0 spiro atoms. The number of nitrogens with zero attached hydrogens (tertiary/aromatic N) is 3. The van der Waals surface area contributed by atoms with E-state index in [2.05, 4.69) is 5.10 Å². The molecule has 1 aromatic carbocycles. The van der Waals surface area contributed by atoms with Gasteiger partial charge in [-0.2, -0.15) is 5.10 Å². The molecule has 1 aromatic heterocycles. The number of anilines is 2. The van der Waals surface area contributed by atoms with Gasteiger partial charge in [0.05, 0.1) is 22.1 Å². The zero-order chi connectivity index (χ0) is 15.6. The van der Waals surface area contributed by atoms with Gasteiger partial charge in [-0.1, -0.05) is 11.6 Å². The third-order valence-electron chi connectivity index (χ3n) is 3.33. The van der Waals surface area contributed by atoms with E-state index in [4.69, 9.17) is 22.1 Å². The Labute approximate surface area is 130 Å². The fourth-order valence-corrected chi connectivity index (χ4v) is 2.27. The maximum absolute atomic E-state index is 6.28. The molecule has 0 bridgehead atoms. The molecule has 0 fully saturated rings. The van der Waals surface area contributed by atoms with Crippen LogP contribution in [-0.2, 0) is 13.2 Å². The number of hydrogen-bond acceptors (Lipinski definition) is 4. The number of nitrogens with two attached hydrogens (primary N) is 1. The van der Waals surface area contributed by atoms with Crippen molar-refractivity contribution in [1.82, 2.24) is 9.78 Å². The summed E-state index contributed by atoms with van der Waals surface area (Å²) in [7, 11) is 3.95. The van der Waals surface area contributed by atoms with Crippen molar-refractivity contribution in [2.24, 2.45) is 0 Å². The zero-order valence-corrected chi connectivity index (χ0v) is 13.6. The van der Waals surface area contributed by atoms with Gasteiger partial charge in [0, 0.05) is 32.4 Å². The molecule has 0 aliphatic heterocycles. The van der Waals surface area contributed by atoms with Crippen LogP contribution in [0.1, 0.15) is 18.3 Å². The lowest BCUT2D eigenvalue weighted by atomic mass is 10.2. The first-order valence-corrected chi connectivity index (χ1v) is 7.23. The molecular formula is C15H21ClN4O. The fourth-order valence-electron chi connectivity index (χ4n) is 2.08. The Hall–Kier alpha value is -1.88.